The molecule has 166 valence electrons. The van der Waals surface area contributed by atoms with Gasteiger partial charge in [-0.25, -0.2) is 15.0 Å². The second-order valence-electron chi connectivity index (χ2n) is 7.49. The van der Waals surface area contributed by atoms with Gasteiger partial charge in [0.05, 0.1) is 18.3 Å². The van der Waals surface area contributed by atoms with Crippen molar-refractivity contribution in [1.82, 2.24) is 30.2 Å². The highest BCUT2D eigenvalue weighted by molar-refractivity contribution is 5.92. The van der Waals surface area contributed by atoms with Gasteiger partial charge in [-0.3, -0.25) is 5.32 Å². The van der Waals surface area contributed by atoms with Crippen LogP contribution in [0.25, 0.3) is 22.3 Å². The first kappa shape index (κ1) is 21.2. The van der Waals surface area contributed by atoms with Gasteiger partial charge in [-0.05, 0) is 19.8 Å². The molecule has 1 unspecified atom stereocenters. The molecule has 0 aromatic carbocycles. The van der Waals surface area contributed by atoms with Crippen molar-refractivity contribution in [1.29, 1.82) is 0 Å². The van der Waals surface area contributed by atoms with Crippen LogP contribution < -0.4 is 15.5 Å². The summed E-state index contributed by atoms with van der Waals surface area (Å²) in [6, 6.07) is 1.10. The lowest BCUT2D eigenvalue weighted by atomic mass is 10.1. The molecule has 12 heteroatoms. The first-order chi connectivity index (χ1) is 14.8. The third kappa shape index (κ3) is 5.02. The van der Waals surface area contributed by atoms with Gasteiger partial charge in [0.15, 0.2) is 0 Å². The van der Waals surface area contributed by atoms with Crippen molar-refractivity contribution in [2.45, 2.75) is 38.2 Å². The van der Waals surface area contributed by atoms with E-state index in [4.69, 9.17) is 0 Å². The summed E-state index contributed by atoms with van der Waals surface area (Å²) in [5.74, 6) is 0.923. The quantitative estimate of drug-likeness (QED) is 0.417. The minimum atomic E-state index is -4.42. The Balaban J connectivity index is 1.62. The second-order valence-corrected chi connectivity index (χ2v) is 7.49. The fourth-order valence-corrected chi connectivity index (χ4v) is 3.50. The smallest absolute Gasteiger partial charge is 0.376 e. The predicted octanol–water partition coefficient (Wildman–Crippen LogP) is 2.29. The number of hydrogen-bond donors (Lipinski definition) is 4. The zero-order chi connectivity index (χ0) is 22.0. The maximum Gasteiger partial charge on any atom is 0.401 e. The Labute approximate surface area is 176 Å². The summed E-state index contributed by atoms with van der Waals surface area (Å²) in [5, 5.41) is 15.8. The zero-order valence-corrected chi connectivity index (χ0v) is 16.8. The van der Waals surface area contributed by atoms with E-state index in [9.17, 15) is 18.3 Å². The highest BCUT2D eigenvalue weighted by Crippen LogP contribution is 2.30. The van der Waals surface area contributed by atoms with Crippen molar-refractivity contribution >= 4 is 22.8 Å². The van der Waals surface area contributed by atoms with Gasteiger partial charge in [-0.2, -0.15) is 18.2 Å². The van der Waals surface area contributed by atoms with Crippen LogP contribution in [0, 0.1) is 0 Å². The number of aliphatic hydroxyl groups is 1. The predicted molar refractivity (Wildman–Crippen MR) is 110 cm³/mol. The average molecular weight is 436 g/mol. The molecule has 1 aliphatic heterocycles. The molecule has 0 bridgehead atoms. The van der Waals surface area contributed by atoms with E-state index in [1.165, 1.54) is 6.33 Å². The van der Waals surface area contributed by atoms with Crippen LogP contribution in [0.4, 0.5) is 24.9 Å². The summed E-state index contributed by atoms with van der Waals surface area (Å²) in [6.07, 6.45) is 1.17. The third-order valence-electron chi connectivity index (χ3n) is 5.12. The molecule has 0 saturated carbocycles. The Hall–Kier alpha value is -2.99. The van der Waals surface area contributed by atoms with Gasteiger partial charge < -0.3 is 20.3 Å². The molecule has 4 heterocycles. The summed E-state index contributed by atoms with van der Waals surface area (Å²) >= 11 is 0. The standard InChI is InChI=1S/C19H23F3N8O/c1-11(17(31)25-9-19(20,21)22)27-18-28-14(6-15(29-18)30-4-2-3-5-30)12-8-24-16-13(12)7-23-10-26-16/h6-8,10-11,17,25,31H,2-5,9H2,1H3,(H,23,24,26)(H,27,28,29)/t11-,17?/m0/s1. The van der Waals surface area contributed by atoms with E-state index in [0.29, 0.717) is 17.2 Å². The van der Waals surface area contributed by atoms with Crippen LogP contribution in [0.1, 0.15) is 19.8 Å². The Morgan fingerprint density at radius 3 is 2.77 bits per heavy atom. The number of rotatable bonds is 7. The maximum absolute atomic E-state index is 12.4. The number of nitrogens with one attached hydrogen (secondary N) is 3. The van der Waals surface area contributed by atoms with Crippen LogP contribution in [0.15, 0.2) is 24.8 Å². The van der Waals surface area contributed by atoms with Crippen molar-refractivity contribution in [2.75, 3.05) is 29.9 Å². The minimum Gasteiger partial charge on any atom is -0.376 e. The molecule has 2 atom stereocenters. The van der Waals surface area contributed by atoms with E-state index in [1.807, 2.05) is 6.07 Å². The van der Waals surface area contributed by atoms with Gasteiger partial charge in [0.25, 0.3) is 0 Å². The number of H-pyrrole nitrogens is 1. The van der Waals surface area contributed by atoms with Crippen molar-refractivity contribution in [3.63, 3.8) is 0 Å². The van der Waals surface area contributed by atoms with E-state index in [-0.39, 0.29) is 5.95 Å². The molecule has 3 aromatic heterocycles. The summed E-state index contributed by atoms with van der Waals surface area (Å²) in [7, 11) is 0. The molecule has 4 N–H and O–H groups in total. The Kier molecular flexibility index (Phi) is 5.92. The summed E-state index contributed by atoms with van der Waals surface area (Å²) in [6.45, 7) is 1.98. The number of alkyl halides is 3. The Morgan fingerprint density at radius 1 is 1.26 bits per heavy atom. The second kappa shape index (κ2) is 8.63. The van der Waals surface area contributed by atoms with Crippen LogP contribution in [-0.2, 0) is 0 Å². The molecule has 4 rings (SSSR count). The highest BCUT2D eigenvalue weighted by atomic mass is 19.4. The van der Waals surface area contributed by atoms with Crippen molar-refractivity contribution in [3.8, 4) is 11.3 Å². The summed E-state index contributed by atoms with van der Waals surface area (Å²) in [4.78, 5) is 22.6. The molecule has 9 nitrogen and oxygen atoms in total. The van der Waals surface area contributed by atoms with E-state index < -0.39 is 25.0 Å². The van der Waals surface area contributed by atoms with Crippen molar-refractivity contribution < 1.29 is 18.3 Å². The van der Waals surface area contributed by atoms with E-state index in [1.54, 1.807) is 19.3 Å². The number of fused-ring (bicyclic) bond motifs is 1. The SMILES string of the molecule is C[C@H](Nc1nc(-c2c[nH]c3ncncc23)cc(N2CCCC2)n1)C(O)NCC(F)(F)F. The molecule has 0 spiro atoms. The number of hydrogen-bond acceptors (Lipinski definition) is 8. The number of aromatic nitrogens is 5. The fourth-order valence-electron chi connectivity index (χ4n) is 3.50. The third-order valence-corrected chi connectivity index (χ3v) is 5.12. The average Bonchev–Trinajstić information content (AvgIpc) is 3.41. The lowest BCUT2D eigenvalue weighted by Gasteiger charge is -2.23. The minimum absolute atomic E-state index is 0.214. The van der Waals surface area contributed by atoms with Crippen LogP contribution in [0.5, 0.6) is 0 Å². The fraction of sp³-hybridized carbons (Fsp3) is 0.474. The molecular formula is C19H23F3N8O. The number of halogens is 3. The number of anilines is 2. The zero-order valence-electron chi connectivity index (χ0n) is 16.8. The first-order valence-corrected chi connectivity index (χ1v) is 9.96. The van der Waals surface area contributed by atoms with Crippen LogP contribution in [-0.4, -0.2) is 68.1 Å². The highest BCUT2D eigenvalue weighted by Gasteiger charge is 2.29. The number of nitrogens with zero attached hydrogens (tertiary/aromatic N) is 5. The van der Waals surface area contributed by atoms with E-state index in [0.717, 1.165) is 36.9 Å². The van der Waals surface area contributed by atoms with Gasteiger partial charge in [0.1, 0.15) is 24.0 Å². The van der Waals surface area contributed by atoms with Gasteiger partial charge in [0.2, 0.25) is 5.95 Å². The van der Waals surface area contributed by atoms with E-state index >= 15 is 0 Å². The van der Waals surface area contributed by atoms with Gasteiger partial charge in [-0.1, -0.05) is 0 Å². The lowest BCUT2D eigenvalue weighted by Crippen LogP contribution is -2.46. The molecule has 1 saturated heterocycles. The Bertz CT molecular complexity index is 1030. The largest absolute Gasteiger partial charge is 0.401 e. The molecule has 31 heavy (non-hydrogen) atoms. The molecule has 0 aliphatic carbocycles. The molecule has 0 amide bonds. The first-order valence-electron chi connectivity index (χ1n) is 9.96. The summed E-state index contributed by atoms with van der Waals surface area (Å²) < 4.78 is 37.3. The summed E-state index contributed by atoms with van der Waals surface area (Å²) in [5.41, 5.74) is 2.07. The topological polar surface area (TPSA) is 115 Å². The normalized spacial score (nSPS) is 16.6. The van der Waals surface area contributed by atoms with Crippen LogP contribution >= 0.6 is 0 Å². The van der Waals surface area contributed by atoms with Gasteiger partial charge >= 0.3 is 6.18 Å². The van der Waals surface area contributed by atoms with Crippen LogP contribution in [0.2, 0.25) is 0 Å². The van der Waals surface area contributed by atoms with Gasteiger partial charge in [0, 0.05) is 42.5 Å². The molecular weight excluding hydrogens is 413 g/mol. The Morgan fingerprint density at radius 2 is 2.03 bits per heavy atom. The van der Waals surface area contributed by atoms with Crippen molar-refractivity contribution in [2.24, 2.45) is 0 Å². The van der Waals surface area contributed by atoms with Crippen molar-refractivity contribution in [3.05, 3.63) is 24.8 Å². The molecule has 1 aliphatic rings. The van der Waals surface area contributed by atoms with Crippen LogP contribution in [0.3, 0.4) is 0 Å². The van der Waals surface area contributed by atoms with E-state index in [2.05, 4.69) is 40.5 Å². The lowest BCUT2D eigenvalue weighted by molar-refractivity contribution is -0.131. The number of aliphatic hydroxyl groups excluding tert-OH is 1. The monoisotopic (exact) mass is 436 g/mol. The number of aromatic amines is 1. The molecule has 3 aromatic rings. The maximum atomic E-state index is 12.4. The van der Waals surface area contributed by atoms with Gasteiger partial charge in [-0.15, -0.1) is 0 Å². The molecule has 1 fully saturated rings. The molecule has 0 radical (unpaired) electrons.